The molecule has 1 aromatic carbocycles. The largest absolute Gasteiger partial charge is 0.504 e. The van der Waals surface area contributed by atoms with Crippen molar-refractivity contribution in [1.29, 1.82) is 0 Å². The van der Waals surface area contributed by atoms with Crippen LogP contribution in [0.3, 0.4) is 0 Å². The second-order valence-corrected chi connectivity index (χ2v) is 6.02. The fraction of sp³-hybridized carbons (Fsp3) is 0.647. The van der Waals surface area contributed by atoms with Crippen molar-refractivity contribution in [1.82, 2.24) is 4.90 Å². The van der Waals surface area contributed by atoms with Crippen LogP contribution in [0.1, 0.15) is 33.1 Å². The number of phenols is 1. The van der Waals surface area contributed by atoms with Gasteiger partial charge in [-0.15, -0.1) is 0 Å². The fourth-order valence-electron chi connectivity index (χ4n) is 3.18. The minimum atomic E-state index is 0.186. The Bertz CT molecular complexity index is 448. The number of anilines is 1. The van der Waals surface area contributed by atoms with Gasteiger partial charge in [-0.05, 0) is 57.3 Å². The molecule has 2 atom stereocenters. The molecule has 1 aliphatic heterocycles. The van der Waals surface area contributed by atoms with E-state index in [4.69, 9.17) is 4.74 Å². The van der Waals surface area contributed by atoms with Gasteiger partial charge < -0.3 is 20.1 Å². The summed E-state index contributed by atoms with van der Waals surface area (Å²) in [4.78, 5) is 2.57. The lowest BCUT2D eigenvalue weighted by Gasteiger charge is -2.36. The van der Waals surface area contributed by atoms with Crippen LogP contribution in [0.25, 0.3) is 0 Å². The van der Waals surface area contributed by atoms with Crippen molar-refractivity contribution < 1.29 is 9.84 Å². The van der Waals surface area contributed by atoms with Crippen LogP contribution in [0.15, 0.2) is 18.2 Å². The lowest BCUT2D eigenvalue weighted by Crippen LogP contribution is -2.42. The molecule has 2 unspecified atom stereocenters. The van der Waals surface area contributed by atoms with E-state index in [-0.39, 0.29) is 5.75 Å². The summed E-state index contributed by atoms with van der Waals surface area (Å²) in [6.45, 7) is 8.09. The molecule has 0 aliphatic carbocycles. The van der Waals surface area contributed by atoms with Crippen LogP contribution in [0.4, 0.5) is 5.69 Å². The fourth-order valence-corrected chi connectivity index (χ4v) is 3.18. The third kappa shape index (κ3) is 4.27. The third-order valence-corrected chi connectivity index (χ3v) is 4.36. The Hall–Kier alpha value is -1.42. The minimum absolute atomic E-state index is 0.186. The summed E-state index contributed by atoms with van der Waals surface area (Å²) in [5, 5.41) is 13.4. The third-order valence-electron chi connectivity index (χ3n) is 4.36. The molecule has 0 spiro atoms. The molecule has 0 radical (unpaired) electrons. The zero-order valence-corrected chi connectivity index (χ0v) is 13.4. The standard InChI is InChI=1S/C17H28N2O2/c1-4-9-19-10-5-6-14(12-19)13(2)18-15-7-8-17(21-3)16(20)11-15/h7-8,11,13-14,18,20H,4-6,9-10,12H2,1-3H3. The summed E-state index contributed by atoms with van der Waals surface area (Å²) in [7, 11) is 1.56. The van der Waals surface area contributed by atoms with Gasteiger partial charge >= 0.3 is 0 Å². The van der Waals surface area contributed by atoms with Gasteiger partial charge in [0.1, 0.15) is 0 Å². The second-order valence-electron chi connectivity index (χ2n) is 6.02. The average molecular weight is 292 g/mol. The quantitative estimate of drug-likeness (QED) is 0.844. The molecule has 1 fully saturated rings. The van der Waals surface area contributed by atoms with E-state index < -0.39 is 0 Å². The monoisotopic (exact) mass is 292 g/mol. The smallest absolute Gasteiger partial charge is 0.160 e. The highest BCUT2D eigenvalue weighted by Gasteiger charge is 2.24. The number of rotatable bonds is 6. The first kappa shape index (κ1) is 16.0. The molecule has 2 rings (SSSR count). The van der Waals surface area contributed by atoms with Crippen molar-refractivity contribution in [2.45, 2.75) is 39.2 Å². The molecule has 1 aliphatic rings. The molecule has 1 aromatic rings. The summed E-state index contributed by atoms with van der Waals surface area (Å²) in [6, 6.07) is 5.90. The van der Waals surface area contributed by atoms with Crippen LogP contribution in [0, 0.1) is 5.92 Å². The number of methoxy groups -OCH3 is 1. The zero-order chi connectivity index (χ0) is 15.2. The van der Waals surface area contributed by atoms with E-state index in [2.05, 4.69) is 24.1 Å². The van der Waals surface area contributed by atoms with Crippen molar-refractivity contribution in [3.63, 3.8) is 0 Å². The van der Waals surface area contributed by atoms with Crippen LogP contribution >= 0.6 is 0 Å². The maximum atomic E-state index is 9.85. The summed E-state index contributed by atoms with van der Waals surface area (Å²) in [6.07, 6.45) is 3.78. The molecule has 1 saturated heterocycles. The van der Waals surface area contributed by atoms with Gasteiger partial charge in [-0.2, -0.15) is 0 Å². The molecular weight excluding hydrogens is 264 g/mol. The van der Waals surface area contributed by atoms with Crippen LogP contribution in [0.2, 0.25) is 0 Å². The lowest BCUT2D eigenvalue weighted by molar-refractivity contribution is 0.165. The molecule has 1 heterocycles. The maximum absolute atomic E-state index is 9.85. The molecule has 0 amide bonds. The van der Waals surface area contributed by atoms with Crippen molar-refractivity contribution in [2.24, 2.45) is 5.92 Å². The normalized spacial score (nSPS) is 21.0. The van der Waals surface area contributed by atoms with Gasteiger partial charge in [-0.3, -0.25) is 0 Å². The van der Waals surface area contributed by atoms with Gasteiger partial charge in [-0.1, -0.05) is 6.92 Å². The highest BCUT2D eigenvalue weighted by molar-refractivity contribution is 5.54. The van der Waals surface area contributed by atoms with Crippen molar-refractivity contribution in [3.8, 4) is 11.5 Å². The number of aromatic hydroxyl groups is 1. The first-order chi connectivity index (χ1) is 10.1. The Morgan fingerprint density at radius 1 is 1.48 bits per heavy atom. The first-order valence-corrected chi connectivity index (χ1v) is 8.00. The number of phenolic OH excluding ortho intramolecular Hbond substituents is 1. The zero-order valence-electron chi connectivity index (χ0n) is 13.4. The van der Waals surface area contributed by atoms with Crippen LogP contribution < -0.4 is 10.1 Å². The average Bonchev–Trinajstić information content (AvgIpc) is 2.48. The number of ether oxygens (including phenoxy) is 1. The summed E-state index contributed by atoms with van der Waals surface area (Å²) >= 11 is 0. The molecule has 0 bridgehead atoms. The molecule has 21 heavy (non-hydrogen) atoms. The van der Waals surface area contributed by atoms with E-state index in [0.29, 0.717) is 17.7 Å². The molecule has 118 valence electrons. The number of benzene rings is 1. The maximum Gasteiger partial charge on any atom is 0.160 e. The van der Waals surface area contributed by atoms with Gasteiger partial charge in [0.25, 0.3) is 0 Å². The minimum Gasteiger partial charge on any atom is -0.504 e. The Morgan fingerprint density at radius 2 is 2.29 bits per heavy atom. The van der Waals surface area contributed by atoms with E-state index in [1.807, 2.05) is 6.07 Å². The van der Waals surface area contributed by atoms with Gasteiger partial charge in [-0.25, -0.2) is 0 Å². The SMILES string of the molecule is CCCN1CCCC(C(C)Nc2ccc(OC)c(O)c2)C1. The number of hydrogen-bond acceptors (Lipinski definition) is 4. The molecular formula is C17H28N2O2. The van der Waals surface area contributed by atoms with Crippen LogP contribution in [-0.2, 0) is 0 Å². The van der Waals surface area contributed by atoms with Crippen molar-refractivity contribution >= 4 is 5.69 Å². The van der Waals surface area contributed by atoms with E-state index in [1.165, 1.54) is 38.9 Å². The Kier molecular flexibility index (Phi) is 5.74. The number of piperidine rings is 1. The highest BCUT2D eigenvalue weighted by Crippen LogP contribution is 2.30. The summed E-state index contributed by atoms with van der Waals surface area (Å²) in [5.74, 6) is 1.36. The molecule has 4 heteroatoms. The van der Waals surface area contributed by atoms with E-state index in [1.54, 1.807) is 19.2 Å². The second kappa shape index (κ2) is 7.55. The topological polar surface area (TPSA) is 44.7 Å². The Labute approximate surface area is 128 Å². The van der Waals surface area contributed by atoms with E-state index in [0.717, 1.165) is 5.69 Å². The van der Waals surface area contributed by atoms with E-state index >= 15 is 0 Å². The van der Waals surface area contributed by atoms with Crippen molar-refractivity contribution in [2.75, 3.05) is 32.1 Å². The molecule has 0 saturated carbocycles. The Balaban J connectivity index is 1.94. The van der Waals surface area contributed by atoms with Gasteiger partial charge in [0, 0.05) is 24.3 Å². The van der Waals surface area contributed by atoms with Gasteiger partial charge in [0.2, 0.25) is 0 Å². The predicted octanol–water partition coefficient (Wildman–Crippen LogP) is 3.32. The van der Waals surface area contributed by atoms with Gasteiger partial charge in [0.15, 0.2) is 11.5 Å². The molecule has 2 N–H and O–H groups in total. The van der Waals surface area contributed by atoms with Crippen LogP contribution in [0.5, 0.6) is 11.5 Å². The first-order valence-electron chi connectivity index (χ1n) is 8.00. The number of nitrogens with one attached hydrogen (secondary N) is 1. The summed E-state index contributed by atoms with van der Waals surface area (Å²) < 4.78 is 5.08. The Morgan fingerprint density at radius 3 is 2.95 bits per heavy atom. The molecule has 4 nitrogen and oxygen atoms in total. The number of nitrogens with zero attached hydrogens (tertiary/aromatic N) is 1. The number of hydrogen-bond donors (Lipinski definition) is 2. The van der Waals surface area contributed by atoms with Gasteiger partial charge in [0.05, 0.1) is 7.11 Å². The lowest BCUT2D eigenvalue weighted by atomic mass is 9.91. The number of likely N-dealkylation sites (tertiary alicyclic amines) is 1. The highest BCUT2D eigenvalue weighted by atomic mass is 16.5. The predicted molar refractivity (Wildman–Crippen MR) is 87.2 cm³/mol. The summed E-state index contributed by atoms with van der Waals surface area (Å²) in [5.41, 5.74) is 0.952. The van der Waals surface area contributed by atoms with Crippen LogP contribution in [-0.4, -0.2) is 42.8 Å². The van der Waals surface area contributed by atoms with E-state index in [9.17, 15) is 5.11 Å². The molecule has 0 aromatic heterocycles. The van der Waals surface area contributed by atoms with Crippen molar-refractivity contribution in [3.05, 3.63) is 18.2 Å².